The van der Waals surface area contributed by atoms with Crippen molar-refractivity contribution in [3.8, 4) is 11.5 Å². The van der Waals surface area contributed by atoms with Crippen LogP contribution < -0.4 is 14.8 Å². The molecule has 0 fully saturated rings. The molecule has 106 valence electrons. The maximum absolute atomic E-state index is 13.1. The van der Waals surface area contributed by atoms with Gasteiger partial charge in [0, 0.05) is 24.0 Å². The van der Waals surface area contributed by atoms with Crippen LogP contribution in [-0.4, -0.2) is 18.2 Å². The normalized spacial score (nSPS) is 10.2. The van der Waals surface area contributed by atoms with E-state index in [-0.39, 0.29) is 0 Å². The Hall–Kier alpha value is -2.30. The Kier molecular flexibility index (Phi) is 4.76. The summed E-state index contributed by atoms with van der Waals surface area (Å²) in [5, 5.41) is 3.11. The summed E-state index contributed by atoms with van der Waals surface area (Å²) in [6.45, 7) is 4.96. The molecule has 20 heavy (non-hydrogen) atoms. The van der Waals surface area contributed by atoms with Crippen LogP contribution in [0.15, 0.2) is 36.5 Å². The van der Waals surface area contributed by atoms with E-state index in [2.05, 4.69) is 10.3 Å². The lowest BCUT2D eigenvalue weighted by molar-refractivity contribution is 0.332. The number of pyridine rings is 1. The van der Waals surface area contributed by atoms with E-state index >= 15 is 0 Å². The molecule has 0 aliphatic carbocycles. The van der Waals surface area contributed by atoms with Crippen LogP contribution in [0.5, 0.6) is 11.5 Å². The molecule has 0 aliphatic heterocycles. The Labute approximate surface area is 117 Å². The summed E-state index contributed by atoms with van der Waals surface area (Å²) >= 11 is 0. The average molecular weight is 276 g/mol. The van der Waals surface area contributed by atoms with Gasteiger partial charge >= 0.3 is 0 Å². The Balaban J connectivity index is 2.29. The molecule has 4 nitrogen and oxygen atoms in total. The third-order valence-corrected chi connectivity index (χ3v) is 2.57. The zero-order chi connectivity index (χ0) is 14.4. The second-order valence-corrected chi connectivity index (χ2v) is 4.02. The Morgan fingerprint density at radius 3 is 2.60 bits per heavy atom. The standard InChI is InChI=1S/C15H17FN2O2/c1-3-19-12-5-6-14(20-4-2)13(10-12)18-11-7-8-17-15(16)9-11/h5-10H,3-4H2,1-2H3,(H,17,18). The van der Waals surface area contributed by atoms with Crippen LogP contribution in [0.3, 0.4) is 0 Å². The average Bonchev–Trinajstić information content (AvgIpc) is 2.42. The molecule has 2 rings (SSSR count). The van der Waals surface area contributed by atoms with E-state index in [0.29, 0.717) is 24.7 Å². The van der Waals surface area contributed by atoms with E-state index in [4.69, 9.17) is 9.47 Å². The number of hydrogen-bond donors (Lipinski definition) is 1. The molecular formula is C15H17FN2O2. The molecule has 0 atom stereocenters. The largest absolute Gasteiger partial charge is 0.494 e. The van der Waals surface area contributed by atoms with Gasteiger partial charge in [0.05, 0.1) is 18.9 Å². The maximum Gasteiger partial charge on any atom is 0.214 e. The predicted octanol–water partition coefficient (Wildman–Crippen LogP) is 3.76. The minimum atomic E-state index is -0.533. The Morgan fingerprint density at radius 1 is 1.10 bits per heavy atom. The van der Waals surface area contributed by atoms with Crippen LogP contribution in [0.2, 0.25) is 0 Å². The first kappa shape index (κ1) is 14.1. The van der Waals surface area contributed by atoms with Gasteiger partial charge in [-0.1, -0.05) is 0 Å². The topological polar surface area (TPSA) is 43.4 Å². The summed E-state index contributed by atoms with van der Waals surface area (Å²) in [7, 11) is 0. The van der Waals surface area contributed by atoms with Gasteiger partial charge < -0.3 is 14.8 Å². The molecule has 5 heteroatoms. The quantitative estimate of drug-likeness (QED) is 0.816. The van der Waals surface area contributed by atoms with Crippen LogP contribution in [0.1, 0.15) is 13.8 Å². The second kappa shape index (κ2) is 6.75. The third-order valence-electron chi connectivity index (χ3n) is 2.57. The first-order valence-electron chi connectivity index (χ1n) is 6.51. The summed E-state index contributed by atoms with van der Waals surface area (Å²) < 4.78 is 24.1. The van der Waals surface area contributed by atoms with Crippen LogP contribution >= 0.6 is 0 Å². The highest BCUT2D eigenvalue weighted by Gasteiger charge is 2.07. The van der Waals surface area contributed by atoms with Crippen molar-refractivity contribution in [2.24, 2.45) is 0 Å². The number of nitrogens with one attached hydrogen (secondary N) is 1. The van der Waals surface area contributed by atoms with E-state index in [1.807, 2.05) is 32.0 Å². The zero-order valence-electron chi connectivity index (χ0n) is 11.5. The van der Waals surface area contributed by atoms with Gasteiger partial charge in [-0.3, -0.25) is 0 Å². The highest BCUT2D eigenvalue weighted by molar-refractivity contribution is 5.67. The van der Waals surface area contributed by atoms with Gasteiger partial charge in [-0.05, 0) is 32.0 Å². The van der Waals surface area contributed by atoms with Gasteiger partial charge in [0.25, 0.3) is 0 Å². The molecule has 0 unspecified atom stereocenters. The Morgan fingerprint density at radius 2 is 1.90 bits per heavy atom. The summed E-state index contributed by atoms with van der Waals surface area (Å²) in [6, 6.07) is 8.50. The summed E-state index contributed by atoms with van der Waals surface area (Å²) in [6.07, 6.45) is 1.41. The molecule has 0 saturated heterocycles. The lowest BCUT2D eigenvalue weighted by Gasteiger charge is -2.14. The number of benzene rings is 1. The number of aromatic nitrogens is 1. The van der Waals surface area contributed by atoms with Crippen molar-refractivity contribution in [1.29, 1.82) is 0 Å². The van der Waals surface area contributed by atoms with Crippen LogP contribution in [0.4, 0.5) is 15.8 Å². The van der Waals surface area contributed by atoms with Gasteiger partial charge in [0.15, 0.2) is 0 Å². The fourth-order valence-electron chi connectivity index (χ4n) is 1.78. The third kappa shape index (κ3) is 3.60. The van der Waals surface area contributed by atoms with E-state index in [0.717, 1.165) is 11.4 Å². The molecule has 1 N–H and O–H groups in total. The van der Waals surface area contributed by atoms with Crippen LogP contribution in [0.25, 0.3) is 0 Å². The second-order valence-electron chi connectivity index (χ2n) is 4.02. The summed E-state index contributed by atoms with van der Waals surface area (Å²) in [5.41, 5.74) is 1.33. The van der Waals surface area contributed by atoms with Gasteiger partial charge in [-0.25, -0.2) is 4.98 Å². The van der Waals surface area contributed by atoms with E-state index in [9.17, 15) is 4.39 Å². The summed E-state index contributed by atoms with van der Waals surface area (Å²) in [4.78, 5) is 3.52. The lowest BCUT2D eigenvalue weighted by atomic mass is 10.2. The molecule has 0 aliphatic rings. The van der Waals surface area contributed by atoms with E-state index in [1.165, 1.54) is 12.3 Å². The molecule has 0 bridgehead atoms. The zero-order valence-corrected chi connectivity index (χ0v) is 11.5. The van der Waals surface area contributed by atoms with Gasteiger partial charge in [-0.2, -0.15) is 4.39 Å². The first-order valence-corrected chi connectivity index (χ1v) is 6.51. The maximum atomic E-state index is 13.1. The first-order chi connectivity index (χ1) is 9.72. The SMILES string of the molecule is CCOc1ccc(OCC)c(Nc2ccnc(F)c2)c1. The number of hydrogen-bond acceptors (Lipinski definition) is 4. The van der Waals surface area contributed by atoms with Gasteiger partial charge in [0.2, 0.25) is 5.95 Å². The number of ether oxygens (including phenoxy) is 2. The van der Waals surface area contributed by atoms with Crippen molar-refractivity contribution in [2.75, 3.05) is 18.5 Å². The molecule has 1 aromatic heterocycles. The van der Waals surface area contributed by atoms with Crippen LogP contribution in [-0.2, 0) is 0 Å². The number of halogens is 1. The minimum absolute atomic E-state index is 0.533. The van der Waals surface area contributed by atoms with Crippen molar-refractivity contribution in [2.45, 2.75) is 13.8 Å². The van der Waals surface area contributed by atoms with Crippen molar-refractivity contribution in [3.05, 3.63) is 42.5 Å². The molecule has 0 amide bonds. The van der Waals surface area contributed by atoms with Crippen molar-refractivity contribution in [1.82, 2.24) is 4.98 Å². The van der Waals surface area contributed by atoms with Gasteiger partial charge in [-0.15, -0.1) is 0 Å². The summed E-state index contributed by atoms with van der Waals surface area (Å²) in [5.74, 6) is 0.884. The van der Waals surface area contributed by atoms with E-state index in [1.54, 1.807) is 6.07 Å². The Bertz CT molecular complexity index is 576. The molecule has 2 aromatic rings. The lowest BCUT2D eigenvalue weighted by Crippen LogP contribution is -2.00. The fraction of sp³-hybridized carbons (Fsp3) is 0.267. The molecule has 0 saturated carbocycles. The highest BCUT2D eigenvalue weighted by atomic mass is 19.1. The number of nitrogens with zero attached hydrogens (tertiary/aromatic N) is 1. The fourth-order valence-corrected chi connectivity index (χ4v) is 1.78. The van der Waals surface area contributed by atoms with E-state index < -0.39 is 5.95 Å². The molecule has 1 aromatic carbocycles. The van der Waals surface area contributed by atoms with Gasteiger partial charge in [0.1, 0.15) is 11.5 Å². The van der Waals surface area contributed by atoms with Crippen molar-refractivity contribution >= 4 is 11.4 Å². The smallest absolute Gasteiger partial charge is 0.214 e. The molecule has 0 spiro atoms. The highest BCUT2D eigenvalue weighted by Crippen LogP contribution is 2.31. The molecule has 0 radical (unpaired) electrons. The number of anilines is 2. The monoisotopic (exact) mass is 276 g/mol. The van der Waals surface area contributed by atoms with Crippen LogP contribution in [0, 0.1) is 5.95 Å². The molecule has 1 heterocycles. The van der Waals surface area contributed by atoms with Crippen molar-refractivity contribution in [3.63, 3.8) is 0 Å². The molecular weight excluding hydrogens is 259 g/mol. The van der Waals surface area contributed by atoms with Crippen molar-refractivity contribution < 1.29 is 13.9 Å². The number of rotatable bonds is 6. The minimum Gasteiger partial charge on any atom is -0.494 e. The predicted molar refractivity (Wildman–Crippen MR) is 76.3 cm³/mol.